The van der Waals surface area contributed by atoms with Gasteiger partial charge in [-0.05, 0) is 42.9 Å². The number of ether oxygens (including phenoxy) is 3. The number of hydrogen-bond acceptors (Lipinski definition) is 5. The summed E-state index contributed by atoms with van der Waals surface area (Å²) >= 11 is 10.2. The van der Waals surface area contributed by atoms with Gasteiger partial charge >= 0.3 is 5.97 Å². The molecule has 1 heterocycles. The lowest BCUT2D eigenvalue weighted by Crippen LogP contribution is -2.28. The number of esters is 1. The fourth-order valence-electron chi connectivity index (χ4n) is 4.67. The Bertz CT molecular complexity index is 1050. The number of methoxy groups -OCH3 is 1. The van der Waals surface area contributed by atoms with Gasteiger partial charge in [-0.25, -0.2) is 4.79 Å². The predicted octanol–water partition coefficient (Wildman–Crippen LogP) is 6.00. The number of halogens is 2. The first-order valence-corrected chi connectivity index (χ1v) is 12.4. The number of hydrogen-bond donors (Lipinski definition) is 0. The number of carbonyl (C=O) groups is 1. The van der Waals surface area contributed by atoms with Gasteiger partial charge in [0.1, 0.15) is 11.3 Å². The zero-order chi connectivity index (χ0) is 24.2. The first-order valence-electron chi connectivity index (χ1n) is 11.2. The zero-order valence-electron chi connectivity index (χ0n) is 19.5. The van der Waals surface area contributed by atoms with E-state index in [1.165, 1.54) is 6.07 Å². The summed E-state index contributed by atoms with van der Waals surface area (Å²) in [4.78, 5) is 24.7. The predicted molar refractivity (Wildman–Crippen MR) is 133 cm³/mol. The summed E-state index contributed by atoms with van der Waals surface area (Å²) in [5.74, 6) is 0.177. The average molecular weight is 541 g/mol. The van der Waals surface area contributed by atoms with Gasteiger partial charge in [0, 0.05) is 55.0 Å². The summed E-state index contributed by atoms with van der Waals surface area (Å²) in [6.45, 7) is 7.50. The molecule has 1 aliphatic rings. The first kappa shape index (κ1) is 25.8. The molecule has 0 N–H and O–H groups in total. The Morgan fingerprint density at radius 3 is 2.76 bits per heavy atom. The lowest BCUT2D eigenvalue weighted by molar-refractivity contribution is 0.0523. The number of aromatic nitrogens is 1. The lowest BCUT2D eigenvalue weighted by atomic mass is 9.82. The van der Waals surface area contributed by atoms with Crippen LogP contribution in [0, 0.1) is 5.41 Å². The standard InChI is InChI=1S/C25H31BrClNO5/c1-5-32-24(30)18-15-28(10-8-21(18)29)23-16(7-9-25(23,2)3)17-13-22(20(27)14-19(17)26)33-12-6-11-31-4/h8,10,13-16,23H,5-7,9,11-12H2,1-4H3/t16-,23+/m1/s1. The Labute approximate surface area is 208 Å². The van der Waals surface area contributed by atoms with Crippen LogP contribution in [0.25, 0.3) is 0 Å². The quantitative estimate of drug-likeness (QED) is 0.288. The smallest absolute Gasteiger partial charge is 0.343 e. The van der Waals surface area contributed by atoms with Crippen LogP contribution in [0.3, 0.4) is 0 Å². The summed E-state index contributed by atoms with van der Waals surface area (Å²) < 4.78 is 19.0. The van der Waals surface area contributed by atoms with E-state index in [9.17, 15) is 9.59 Å². The van der Waals surface area contributed by atoms with Crippen LogP contribution in [0.1, 0.15) is 67.9 Å². The maximum atomic E-state index is 12.3. The molecule has 33 heavy (non-hydrogen) atoms. The highest BCUT2D eigenvalue weighted by molar-refractivity contribution is 9.10. The van der Waals surface area contributed by atoms with Crippen molar-refractivity contribution in [3.8, 4) is 5.75 Å². The van der Waals surface area contributed by atoms with Gasteiger partial charge < -0.3 is 18.8 Å². The molecule has 0 radical (unpaired) electrons. The highest BCUT2D eigenvalue weighted by Gasteiger charge is 2.44. The Balaban J connectivity index is 1.99. The minimum atomic E-state index is -0.594. The fraction of sp³-hybridized carbons (Fsp3) is 0.520. The number of benzene rings is 1. The normalized spacial score (nSPS) is 19.5. The van der Waals surface area contributed by atoms with E-state index in [1.807, 2.05) is 16.7 Å². The van der Waals surface area contributed by atoms with Crippen molar-refractivity contribution in [3.05, 3.63) is 61.4 Å². The van der Waals surface area contributed by atoms with E-state index < -0.39 is 5.97 Å². The van der Waals surface area contributed by atoms with E-state index in [0.717, 1.165) is 29.3 Å². The third-order valence-corrected chi connectivity index (χ3v) is 7.22. The summed E-state index contributed by atoms with van der Waals surface area (Å²) in [6, 6.07) is 5.34. The molecule has 2 atom stereocenters. The van der Waals surface area contributed by atoms with E-state index in [0.29, 0.717) is 24.0 Å². The molecular formula is C25H31BrClNO5. The SMILES string of the molecule is CCOC(=O)c1cn([C@H]2[C@@H](c3cc(OCCCOC)c(Cl)cc3Br)CCC2(C)C)ccc1=O. The summed E-state index contributed by atoms with van der Waals surface area (Å²) in [6.07, 6.45) is 6.11. The van der Waals surface area contributed by atoms with Gasteiger partial charge in [-0.3, -0.25) is 4.79 Å². The van der Waals surface area contributed by atoms with Gasteiger partial charge in [0.05, 0.1) is 18.2 Å². The Morgan fingerprint density at radius 2 is 2.06 bits per heavy atom. The Kier molecular flexibility index (Phi) is 8.65. The molecule has 1 aromatic carbocycles. The van der Waals surface area contributed by atoms with Crippen molar-refractivity contribution in [3.63, 3.8) is 0 Å². The van der Waals surface area contributed by atoms with Crippen molar-refractivity contribution < 1.29 is 19.0 Å². The van der Waals surface area contributed by atoms with Gasteiger partial charge in [0.2, 0.25) is 0 Å². The van der Waals surface area contributed by atoms with E-state index in [2.05, 4.69) is 29.8 Å². The third kappa shape index (κ3) is 5.81. The van der Waals surface area contributed by atoms with Crippen molar-refractivity contribution >= 4 is 33.5 Å². The summed E-state index contributed by atoms with van der Waals surface area (Å²) in [7, 11) is 1.66. The van der Waals surface area contributed by atoms with Crippen LogP contribution < -0.4 is 10.2 Å². The molecule has 0 spiro atoms. The van der Waals surface area contributed by atoms with Crippen molar-refractivity contribution in [2.75, 3.05) is 26.9 Å². The van der Waals surface area contributed by atoms with Crippen molar-refractivity contribution in [2.24, 2.45) is 5.41 Å². The first-order chi connectivity index (χ1) is 15.7. The topological polar surface area (TPSA) is 66.8 Å². The van der Waals surface area contributed by atoms with Crippen molar-refractivity contribution in [1.82, 2.24) is 4.57 Å². The minimum absolute atomic E-state index is 0.0186. The van der Waals surface area contributed by atoms with Crippen LogP contribution in [-0.4, -0.2) is 37.5 Å². The second-order valence-electron chi connectivity index (χ2n) is 8.97. The van der Waals surface area contributed by atoms with Crippen LogP contribution in [0.15, 0.2) is 39.9 Å². The molecule has 0 bridgehead atoms. The van der Waals surface area contributed by atoms with Crippen molar-refractivity contribution in [2.45, 2.75) is 52.0 Å². The van der Waals surface area contributed by atoms with Crippen LogP contribution in [0.4, 0.5) is 0 Å². The molecule has 1 saturated carbocycles. The minimum Gasteiger partial charge on any atom is -0.492 e. The summed E-state index contributed by atoms with van der Waals surface area (Å²) in [5, 5.41) is 0.546. The maximum Gasteiger partial charge on any atom is 0.343 e. The molecule has 8 heteroatoms. The molecule has 3 rings (SSSR count). The van der Waals surface area contributed by atoms with Crippen molar-refractivity contribution in [1.29, 1.82) is 0 Å². The van der Waals surface area contributed by atoms with Gasteiger partial charge in [0.25, 0.3) is 0 Å². The van der Waals surface area contributed by atoms with E-state index in [1.54, 1.807) is 26.4 Å². The van der Waals surface area contributed by atoms with Gasteiger partial charge in [0.15, 0.2) is 5.43 Å². The maximum absolute atomic E-state index is 12.3. The fourth-order valence-corrected chi connectivity index (χ4v) is 5.66. The van der Waals surface area contributed by atoms with Gasteiger partial charge in [-0.2, -0.15) is 0 Å². The van der Waals surface area contributed by atoms with Gasteiger partial charge in [-0.15, -0.1) is 0 Å². The molecule has 0 amide bonds. The van der Waals surface area contributed by atoms with Gasteiger partial charge in [-0.1, -0.05) is 41.4 Å². The molecule has 180 valence electrons. The lowest BCUT2D eigenvalue weighted by Gasteiger charge is -2.34. The number of rotatable bonds is 9. The largest absolute Gasteiger partial charge is 0.492 e. The number of pyridine rings is 1. The molecule has 0 unspecified atom stereocenters. The second-order valence-corrected chi connectivity index (χ2v) is 10.2. The number of carbonyl (C=O) groups excluding carboxylic acids is 1. The van der Waals surface area contributed by atoms with Crippen LogP contribution >= 0.6 is 27.5 Å². The molecule has 1 aromatic heterocycles. The molecule has 1 fully saturated rings. The monoisotopic (exact) mass is 539 g/mol. The van der Waals surface area contributed by atoms with Crippen LogP contribution in [0.2, 0.25) is 5.02 Å². The second kappa shape index (κ2) is 11.1. The highest BCUT2D eigenvalue weighted by Crippen LogP contribution is 2.55. The highest BCUT2D eigenvalue weighted by atomic mass is 79.9. The van der Waals surface area contributed by atoms with Crippen LogP contribution in [-0.2, 0) is 9.47 Å². The van der Waals surface area contributed by atoms with E-state index in [-0.39, 0.29) is 35.0 Å². The van der Waals surface area contributed by atoms with Crippen LogP contribution in [0.5, 0.6) is 5.75 Å². The van der Waals surface area contributed by atoms with E-state index in [4.69, 9.17) is 25.8 Å². The average Bonchev–Trinajstić information content (AvgIpc) is 3.08. The summed E-state index contributed by atoms with van der Waals surface area (Å²) in [5.41, 5.74) is 0.743. The molecule has 0 saturated heterocycles. The zero-order valence-corrected chi connectivity index (χ0v) is 21.9. The Hall–Kier alpha value is -1.83. The molecular weight excluding hydrogens is 510 g/mol. The number of nitrogens with zero attached hydrogens (tertiary/aromatic N) is 1. The Morgan fingerprint density at radius 1 is 1.30 bits per heavy atom. The molecule has 6 nitrogen and oxygen atoms in total. The van der Waals surface area contributed by atoms with E-state index >= 15 is 0 Å². The molecule has 0 aliphatic heterocycles. The molecule has 2 aromatic rings. The third-order valence-electron chi connectivity index (χ3n) is 6.24. The molecule has 1 aliphatic carbocycles.